The van der Waals surface area contributed by atoms with E-state index in [2.05, 4.69) is 6.66 Å². The van der Waals surface area contributed by atoms with Gasteiger partial charge >= 0.3 is 0 Å². The minimum Gasteiger partial charge on any atom is -0.344 e. The van der Waals surface area contributed by atoms with Crippen molar-refractivity contribution >= 4 is 7.37 Å². The molecule has 1 unspecified atom stereocenters. The van der Waals surface area contributed by atoms with Gasteiger partial charge in [-0.15, -0.1) is 0 Å². The van der Waals surface area contributed by atoms with Crippen LogP contribution < -0.4 is 0 Å². The van der Waals surface area contributed by atoms with Crippen molar-refractivity contribution in [2.45, 2.75) is 0 Å². The molecule has 2 nitrogen and oxygen atoms in total. The SMILES string of the molecule is [CH]P(C)(=O)O.[Y]. The van der Waals surface area contributed by atoms with Crippen LogP contribution in [0.25, 0.3) is 0 Å². The molecule has 0 aliphatic rings. The standard InChI is InChI=1S/C2H5O2P.Y/c1-5(2,3)4;/h1H,2H3,(H,3,4);. The van der Waals surface area contributed by atoms with Gasteiger partial charge in [0, 0.05) is 39.4 Å². The number of rotatable bonds is 0. The van der Waals surface area contributed by atoms with Gasteiger partial charge in [-0.2, -0.15) is 0 Å². The Balaban J connectivity index is 0. The van der Waals surface area contributed by atoms with Crippen molar-refractivity contribution in [2.75, 3.05) is 6.66 Å². The van der Waals surface area contributed by atoms with E-state index in [0.717, 1.165) is 6.66 Å². The zero-order chi connectivity index (χ0) is 4.50. The van der Waals surface area contributed by atoms with Crippen LogP contribution in [0.3, 0.4) is 0 Å². The van der Waals surface area contributed by atoms with Crippen LogP contribution >= 0.6 is 7.37 Å². The molecule has 0 aromatic rings. The first-order chi connectivity index (χ1) is 2.00. The third kappa shape index (κ3) is 58.3. The van der Waals surface area contributed by atoms with Crippen LogP contribution in [0.1, 0.15) is 0 Å². The second kappa shape index (κ2) is 3.32. The van der Waals surface area contributed by atoms with E-state index in [-0.39, 0.29) is 32.7 Å². The Hall–Kier alpha value is 1.29. The zero-order valence-corrected chi connectivity index (χ0v) is 7.19. The Morgan fingerprint density at radius 3 is 1.83 bits per heavy atom. The molecule has 3 radical (unpaired) electrons. The summed E-state index contributed by atoms with van der Waals surface area (Å²) in [5.41, 5.74) is 0. The molecule has 0 amide bonds. The molecule has 33 valence electrons. The van der Waals surface area contributed by atoms with Crippen LogP contribution in [-0.2, 0) is 37.3 Å². The van der Waals surface area contributed by atoms with Crippen molar-refractivity contribution < 1.29 is 42.2 Å². The molecule has 0 aromatic carbocycles. The maximum atomic E-state index is 9.55. The van der Waals surface area contributed by atoms with E-state index in [1.165, 1.54) is 0 Å². The smallest absolute Gasteiger partial charge is 0.202 e. The third-order valence-electron chi connectivity index (χ3n) is 0. The Bertz CT molecular complexity index is 57.7. The molecule has 6 heavy (non-hydrogen) atoms. The molecular formula is C2H5O2PY. The van der Waals surface area contributed by atoms with Crippen LogP contribution in [0.5, 0.6) is 0 Å². The quantitative estimate of drug-likeness (QED) is 0.554. The van der Waals surface area contributed by atoms with E-state index in [1.54, 1.807) is 0 Å². The van der Waals surface area contributed by atoms with E-state index < -0.39 is 7.37 Å². The van der Waals surface area contributed by atoms with Crippen molar-refractivity contribution in [1.29, 1.82) is 0 Å². The normalized spacial score (nSPS) is 9.83. The minimum absolute atomic E-state index is 0. The van der Waals surface area contributed by atoms with E-state index in [9.17, 15) is 4.57 Å². The average molecular weight is 181 g/mol. The molecule has 0 fully saturated rings. The predicted molar refractivity (Wildman–Crippen MR) is 20.0 cm³/mol. The van der Waals surface area contributed by atoms with Crippen LogP contribution in [0.4, 0.5) is 0 Å². The van der Waals surface area contributed by atoms with E-state index in [0.29, 0.717) is 0 Å². The van der Waals surface area contributed by atoms with Crippen LogP contribution in [0.2, 0.25) is 0 Å². The molecule has 0 spiro atoms. The monoisotopic (exact) mass is 181 g/mol. The first kappa shape index (κ1) is 10.3. The van der Waals surface area contributed by atoms with Gasteiger partial charge < -0.3 is 4.89 Å². The first-order valence-electron chi connectivity index (χ1n) is 1.09. The summed E-state index contributed by atoms with van der Waals surface area (Å²) in [5, 5.41) is 0. The van der Waals surface area contributed by atoms with Crippen molar-refractivity contribution in [3.05, 3.63) is 6.66 Å². The molecule has 1 N–H and O–H groups in total. The fourth-order valence-corrected chi connectivity index (χ4v) is 0. The van der Waals surface area contributed by atoms with Gasteiger partial charge in [-0.3, -0.25) is 4.57 Å². The van der Waals surface area contributed by atoms with Gasteiger partial charge in [-0.05, 0) is 0 Å². The van der Waals surface area contributed by atoms with E-state index in [4.69, 9.17) is 4.89 Å². The van der Waals surface area contributed by atoms with Crippen molar-refractivity contribution in [3.63, 3.8) is 0 Å². The summed E-state index contributed by atoms with van der Waals surface area (Å²) < 4.78 is 9.55. The van der Waals surface area contributed by atoms with E-state index >= 15 is 0 Å². The summed E-state index contributed by atoms with van der Waals surface area (Å²) in [6, 6.07) is 0. The van der Waals surface area contributed by atoms with Gasteiger partial charge in [-0.25, -0.2) is 0 Å². The second-order valence-corrected chi connectivity index (χ2v) is 2.83. The largest absolute Gasteiger partial charge is 0.344 e. The molecule has 0 rings (SSSR count). The van der Waals surface area contributed by atoms with Crippen molar-refractivity contribution in [1.82, 2.24) is 0 Å². The molecule has 0 aliphatic heterocycles. The Labute approximate surface area is 62.7 Å². The van der Waals surface area contributed by atoms with Gasteiger partial charge in [0.05, 0.1) is 6.66 Å². The van der Waals surface area contributed by atoms with Gasteiger partial charge in [-0.1, -0.05) is 0 Å². The maximum absolute atomic E-state index is 9.55. The summed E-state index contributed by atoms with van der Waals surface area (Å²) in [5.74, 6) is 0. The maximum Gasteiger partial charge on any atom is 0.202 e. The van der Waals surface area contributed by atoms with Crippen LogP contribution in [0, 0.1) is 6.66 Å². The van der Waals surface area contributed by atoms with Gasteiger partial charge in [0.2, 0.25) is 7.37 Å². The summed E-state index contributed by atoms with van der Waals surface area (Å²) in [6.07, 6.45) is 0. The topological polar surface area (TPSA) is 37.3 Å². The van der Waals surface area contributed by atoms with Crippen LogP contribution in [0.15, 0.2) is 0 Å². The van der Waals surface area contributed by atoms with Crippen molar-refractivity contribution in [2.24, 2.45) is 0 Å². The van der Waals surface area contributed by atoms with Gasteiger partial charge in [0.1, 0.15) is 0 Å². The molecule has 0 bridgehead atoms. The fourth-order valence-electron chi connectivity index (χ4n) is 0. The fraction of sp³-hybridized carbons (Fsp3) is 0.500. The number of hydrogen-bond acceptors (Lipinski definition) is 1. The number of hydrogen-bond donors (Lipinski definition) is 1. The van der Waals surface area contributed by atoms with E-state index in [1.807, 2.05) is 0 Å². The predicted octanol–water partition coefficient (Wildman–Crippen LogP) is 0.553. The Morgan fingerprint density at radius 2 is 1.83 bits per heavy atom. The molecule has 0 heterocycles. The summed E-state index contributed by atoms with van der Waals surface area (Å²) in [4.78, 5) is 7.85. The summed E-state index contributed by atoms with van der Waals surface area (Å²) in [7, 11) is -3.14. The summed E-state index contributed by atoms with van der Waals surface area (Å²) >= 11 is 0. The zero-order valence-electron chi connectivity index (χ0n) is 3.46. The molecule has 4 heteroatoms. The minimum atomic E-state index is -3.14. The molecular weight excluding hydrogens is 176 g/mol. The van der Waals surface area contributed by atoms with Gasteiger partial charge in [0.25, 0.3) is 0 Å². The molecule has 1 atom stereocenters. The molecule has 0 saturated heterocycles. The van der Waals surface area contributed by atoms with Gasteiger partial charge in [0.15, 0.2) is 0 Å². The average Bonchev–Trinajstić information content (AvgIpc) is 0.722. The molecule has 0 saturated carbocycles. The second-order valence-electron chi connectivity index (χ2n) is 0.943. The summed E-state index contributed by atoms with van der Waals surface area (Å²) in [6.45, 7) is 5.54. The Kier molecular flexibility index (Phi) is 5.70. The Morgan fingerprint density at radius 1 is 1.83 bits per heavy atom. The molecule has 0 aromatic heterocycles. The first-order valence-corrected chi connectivity index (χ1v) is 3.26. The third-order valence-corrected chi connectivity index (χ3v) is 0. The van der Waals surface area contributed by atoms with Crippen LogP contribution in [-0.4, -0.2) is 11.6 Å². The molecule has 0 aliphatic carbocycles. The van der Waals surface area contributed by atoms with Crippen molar-refractivity contribution in [3.8, 4) is 0 Å².